The summed E-state index contributed by atoms with van der Waals surface area (Å²) in [5, 5.41) is 3.43. The molecule has 0 radical (unpaired) electrons. The van der Waals surface area contributed by atoms with Crippen LogP contribution in [0.25, 0.3) is 0 Å². The summed E-state index contributed by atoms with van der Waals surface area (Å²) < 4.78 is 0. The van der Waals surface area contributed by atoms with Gasteiger partial charge in [-0.1, -0.05) is 65.2 Å². The van der Waals surface area contributed by atoms with E-state index in [0.717, 1.165) is 0 Å². The highest BCUT2D eigenvalue weighted by Crippen LogP contribution is 2.32. The molecule has 1 heterocycles. The highest BCUT2D eigenvalue weighted by molar-refractivity contribution is 4.90. The Balaban J connectivity index is 1.84. The zero-order valence-corrected chi connectivity index (χ0v) is 11.5. The van der Waals surface area contributed by atoms with Gasteiger partial charge in [0.2, 0.25) is 0 Å². The summed E-state index contributed by atoms with van der Waals surface area (Å²) in [6.07, 6.45) is 14.4. The molecule has 1 nitrogen and oxygen atoms in total. The molecule has 1 heteroatoms. The zero-order valence-electron chi connectivity index (χ0n) is 11.5. The van der Waals surface area contributed by atoms with Gasteiger partial charge in [-0.05, 0) is 18.3 Å². The first-order chi connectivity index (χ1) is 7.83. The van der Waals surface area contributed by atoms with Gasteiger partial charge in [0.1, 0.15) is 0 Å². The van der Waals surface area contributed by atoms with E-state index >= 15 is 0 Å². The highest BCUT2D eigenvalue weighted by Gasteiger charge is 2.33. The number of hydrogen-bond acceptors (Lipinski definition) is 1. The Morgan fingerprint density at radius 2 is 1.38 bits per heavy atom. The van der Waals surface area contributed by atoms with E-state index in [1.807, 2.05) is 0 Å². The number of unbranched alkanes of at least 4 members (excludes halogenated alkanes) is 7. The Bertz CT molecular complexity index is 155. The highest BCUT2D eigenvalue weighted by atomic mass is 15.0. The summed E-state index contributed by atoms with van der Waals surface area (Å²) in [6.45, 7) is 7.20. The van der Waals surface area contributed by atoms with Gasteiger partial charge >= 0.3 is 0 Å². The Labute approximate surface area is 102 Å². The average molecular weight is 225 g/mol. The summed E-state index contributed by atoms with van der Waals surface area (Å²) in [5.41, 5.74) is 0.697. The van der Waals surface area contributed by atoms with E-state index in [1.165, 1.54) is 77.3 Å². The van der Waals surface area contributed by atoms with Gasteiger partial charge in [-0.3, -0.25) is 0 Å². The molecule has 0 unspecified atom stereocenters. The van der Waals surface area contributed by atoms with Gasteiger partial charge in [0.05, 0.1) is 0 Å². The molecule has 16 heavy (non-hydrogen) atoms. The van der Waals surface area contributed by atoms with Gasteiger partial charge in [0.15, 0.2) is 0 Å². The average Bonchev–Trinajstić information content (AvgIpc) is 2.25. The zero-order chi connectivity index (χ0) is 11.7. The van der Waals surface area contributed by atoms with Crippen LogP contribution < -0.4 is 5.32 Å². The SMILES string of the molecule is CCCCCCCCCCC1(CC)CNC1. The predicted molar refractivity (Wildman–Crippen MR) is 72.8 cm³/mol. The molecular formula is C15H31N. The third-order valence-electron chi connectivity index (χ3n) is 4.31. The quantitative estimate of drug-likeness (QED) is 0.539. The van der Waals surface area contributed by atoms with Gasteiger partial charge in [-0.25, -0.2) is 0 Å². The molecule has 0 aliphatic carbocycles. The molecule has 0 aromatic rings. The standard InChI is InChI=1S/C15H31N/c1-3-5-6-7-8-9-10-11-12-15(4-2)13-16-14-15/h16H,3-14H2,1-2H3. The Hall–Kier alpha value is -0.0400. The van der Waals surface area contributed by atoms with Gasteiger partial charge in [-0.15, -0.1) is 0 Å². The van der Waals surface area contributed by atoms with Crippen LogP contribution in [0.15, 0.2) is 0 Å². The summed E-state index contributed by atoms with van der Waals surface area (Å²) in [7, 11) is 0. The summed E-state index contributed by atoms with van der Waals surface area (Å²) >= 11 is 0. The number of hydrogen-bond donors (Lipinski definition) is 1. The van der Waals surface area contributed by atoms with Crippen molar-refractivity contribution in [3.8, 4) is 0 Å². The lowest BCUT2D eigenvalue weighted by Gasteiger charge is -2.42. The fraction of sp³-hybridized carbons (Fsp3) is 1.00. The van der Waals surface area contributed by atoms with Crippen molar-refractivity contribution in [3.05, 3.63) is 0 Å². The van der Waals surface area contributed by atoms with Crippen molar-refractivity contribution in [1.29, 1.82) is 0 Å². The fourth-order valence-electron chi connectivity index (χ4n) is 2.72. The second-order valence-corrected chi connectivity index (χ2v) is 5.68. The predicted octanol–water partition coefficient (Wildman–Crippen LogP) is 4.52. The van der Waals surface area contributed by atoms with E-state index in [1.54, 1.807) is 0 Å². The molecular weight excluding hydrogens is 194 g/mol. The Morgan fingerprint density at radius 1 is 0.812 bits per heavy atom. The van der Waals surface area contributed by atoms with Crippen LogP contribution in [0, 0.1) is 5.41 Å². The molecule has 96 valence electrons. The number of rotatable bonds is 10. The Morgan fingerprint density at radius 3 is 1.81 bits per heavy atom. The first-order valence-electron chi connectivity index (χ1n) is 7.54. The van der Waals surface area contributed by atoms with Crippen molar-refractivity contribution in [2.75, 3.05) is 13.1 Å². The van der Waals surface area contributed by atoms with Crippen LogP contribution in [-0.2, 0) is 0 Å². The van der Waals surface area contributed by atoms with Crippen molar-refractivity contribution in [1.82, 2.24) is 5.32 Å². The van der Waals surface area contributed by atoms with Gasteiger partial charge in [0, 0.05) is 13.1 Å². The molecule has 1 rings (SSSR count). The molecule has 0 aromatic carbocycles. The van der Waals surface area contributed by atoms with Crippen LogP contribution in [-0.4, -0.2) is 13.1 Å². The molecule has 1 fully saturated rings. The van der Waals surface area contributed by atoms with Crippen molar-refractivity contribution in [2.45, 2.75) is 78.1 Å². The van der Waals surface area contributed by atoms with E-state index in [2.05, 4.69) is 19.2 Å². The van der Waals surface area contributed by atoms with Gasteiger partial charge in [0.25, 0.3) is 0 Å². The molecule has 0 amide bonds. The minimum absolute atomic E-state index is 0.697. The largest absolute Gasteiger partial charge is 0.316 e. The molecule has 0 atom stereocenters. The lowest BCUT2D eigenvalue weighted by molar-refractivity contribution is 0.141. The van der Waals surface area contributed by atoms with Crippen molar-refractivity contribution < 1.29 is 0 Å². The first kappa shape index (κ1) is 14.0. The van der Waals surface area contributed by atoms with Crippen LogP contribution in [0.3, 0.4) is 0 Å². The van der Waals surface area contributed by atoms with Crippen molar-refractivity contribution in [3.63, 3.8) is 0 Å². The molecule has 0 bridgehead atoms. The maximum Gasteiger partial charge on any atom is 0.00201 e. The van der Waals surface area contributed by atoms with Crippen LogP contribution in [0.5, 0.6) is 0 Å². The minimum atomic E-state index is 0.697. The van der Waals surface area contributed by atoms with E-state index < -0.39 is 0 Å². The molecule has 0 spiro atoms. The molecule has 1 aliphatic heterocycles. The van der Waals surface area contributed by atoms with Gasteiger partial charge < -0.3 is 5.32 Å². The third kappa shape index (κ3) is 4.86. The number of nitrogens with one attached hydrogen (secondary N) is 1. The van der Waals surface area contributed by atoms with Crippen LogP contribution >= 0.6 is 0 Å². The van der Waals surface area contributed by atoms with Crippen molar-refractivity contribution >= 4 is 0 Å². The van der Waals surface area contributed by atoms with Crippen LogP contribution in [0.1, 0.15) is 78.1 Å². The van der Waals surface area contributed by atoms with Crippen LogP contribution in [0.4, 0.5) is 0 Å². The monoisotopic (exact) mass is 225 g/mol. The maximum absolute atomic E-state index is 3.43. The molecule has 1 saturated heterocycles. The minimum Gasteiger partial charge on any atom is -0.316 e. The first-order valence-corrected chi connectivity index (χ1v) is 7.54. The molecule has 0 saturated carbocycles. The summed E-state index contributed by atoms with van der Waals surface area (Å²) in [6, 6.07) is 0. The van der Waals surface area contributed by atoms with E-state index in [4.69, 9.17) is 0 Å². The smallest absolute Gasteiger partial charge is 0.00201 e. The van der Waals surface area contributed by atoms with E-state index in [-0.39, 0.29) is 0 Å². The fourth-order valence-corrected chi connectivity index (χ4v) is 2.72. The molecule has 1 N–H and O–H groups in total. The summed E-state index contributed by atoms with van der Waals surface area (Å²) in [5.74, 6) is 0. The van der Waals surface area contributed by atoms with E-state index in [9.17, 15) is 0 Å². The molecule has 1 aliphatic rings. The van der Waals surface area contributed by atoms with E-state index in [0.29, 0.717) is 5.41 Å². The lowest BCUT2D eigenvalue weighted by Crippen LogP contribution is -2.52. The molecule has 0 aromatic heterocycles. The normalized spacial score (nSPS) is 18.4. The van der Waals surface area contributed by atoms with Gasteiger partial charge in [-0.2, -0.15) is 0 Å². The lowest BCUT2D eigenvalue weighted by atomic mass is 9.75. The van der Waals surface area contributed by atoms with Crippen LogP contribution in [0.2, 0.25) is 0 Å². The Kier molecular flexibility index (Phi) is 7.11. The third-order valence-corrected chi connectivity index (χ3v) is 4.31. The maximum atomic E-state index is 3.43. The second kappa shape index (κ2) is 8.11. The van der Waals surface area contributed by atoms with Crippen molar-refractivity contribution in [2.24, 2.45) is 5.41 Å². The second-order valence-electron chi connectivity index (χ2n) is 5.68. The topological polar surface area (TPSA) is 12.0 Å². The summed E-state index contributed by atoms with van der Waals surface area (Å²) in [4.78, 5) is 0.